The fourth-order valence-corrected chi connectivity index (χ4v) is 3.09. The number of hydrogen-bond acceptors (Lipinski definition) is 4. The lowest BCUT2D eigenvalue weighted by molar-refractivity contribution is 0.225. The standard InChI is InChI=1S/C13H23N3S/c1-13(2,3)10-4-5-16(7-10)8-11-9-17-12(6-14)15-11/h9-10H,4-8,14H2,1-3H3. The van der Waals surface area contributed by atoms with Crippen LogP contribution in [0.4, 0.5) is 0 Å². The van der Waals surface area contributed by atoms with E-state index in [1.54, 1.807) is 11.3 Å². The number of nitrogens with zero attached hydrogens (tertiary/aromatic N) is 2. The smallest absolute Gasteiger partial charge is 0.106 e. The van der Waals surface area contributed by atoms with Gasteiger partial charge in [0.05, 0.1) is 5.69 Å². The molecule has 1 saturated heterocycles. The summed E-state index contributed by atoms with van der Waals surface area (Å²) in [7, 11) is 0. The monoisotopic (exact) mass is 253 g/mol. The van der Waals surface area contributed by atoms with Gasteiger partial charge in [-0.1, -0.05) is 20.8 Å². The van der Waals surface area contributed by atoms with Crippen LogP contribution in [0.5, 0.6) is 0 Å². The van der Waals surface area contributed by atoms with Gasteiger partial charge in [0.15, 0.2) is 0 Å². The van der Waals surface area contributed by atoms with Gasteiger partial charge in [-0.05, 0) is 24.3 Å². The number of thiazole rings is 1. The molecule has 2 rings (SSSR count). The first kappa shape index (κ1) is 13.0. The molecule has 1 aliphatic heterocycles. The molecule has 1 aliphatic rings. The third kappa shape index (κ3) is 3.27. The summed E-state index contributed by atoms with van der Waals surface area (Å²) in [5.74, 6) is 0.815. The van der Waals surface area contributed by atoms with E-state index in [0.717, 1.165) is 17.5 Å². The number of likely N-dealkylation sites (tertiary alicyclic amines) is 1. The molecule has 1 atom stereocenters. The number of aromatic nitrogens is 1. The van der Waals surface area contributed by atoms with Crippen LogP contribution in [0.15, 0.2) is 5.38 Å². The molecular formula is C13H23N3S. The van der Waals surface area contributed by atoms with E-state index in [9.17, 15) is 0 Å². The fraction of sp³-hybridized carbons (Fsp3) is 0.769. The van der Waals surface area contributed by atoms with Crippen LogP contribution in [-0.2, 0) is 13.1 Å². The Kier molecular flexibility index (Phi) is 3.85. The minimum absolute atomic E-state index is 0.430. The van der Waals surface area contributed by atoms with Crippen molar-refractivity contribution in [1.82, 2.24) is 9.88 Å². The van der Waals surface area contributed by atoms with Crippen molar-refractivity contribution in [1.29, 1.82) is 0 Å². The molecule has 1 fully saturated rings. The van der Waals surface area contributed by atoms with Crippen molar-refractivity contribution in [2.45, 2.75) is 40.3 Å². The second-order valence-corrected chi connectivity index (χ2v) is 6.97. The van der Waals surface area contributed by atoms with E-state index in [2.05, 4.69) is 36.0 Å². The largest absolute Gasteiger partial charge is 0.325 e. The Morgan fingerprint density at radius 3 is 2.82 bits per heavy atom. The third-order valence-electron chi connectivity index (χ3n) is 3.66. The second kappa shape index (κ2) is 5.04. The lowest BCUT2D eigenvalue weighted by Gasteiger charge is -2.26. The van der Waals surface area contributed by atoms with Crippen molar-refractivity contribution in [2.24, 2.45) is 17.1 Å². The van der Waals surface area contributed by atoms with E-state index >= 15 is 0 Å². The molecular weight excluding hydrogens is 230 g/mol. The molecule has 1 aromatic heterocycles. The van der Waals surface area contributed by atoms with Crippen LogP contribution in [0.1, 0.15) is 37.9 Å². The molecule has 0 bridgehead atoms. The minimum Gasteiger partial charge on any atom is -0.325 e. The summed E-state index contributed by atoms with van der Waals surface area (Å²) < 4.78 is 0. The first-order chi connectivity index (χ1) is 7.99. The summed E-state index contributed by atoms with van der Waals surface area (Å²) in [6, 6.07) is 0. The topological polar surface area (TPSA) is 42.1 Å². The molecule has 0 aliphatic carbocycles. The van der Waals surface area contributed by atoms with Crippen molar-refractivity contribution < 1.29 is 0 Å². The Hall–Kier alpha value is -0.450. The highest BCUT2D eigenvalue weighted by Crippen LogP contribution is 2.34. The minimum atomic E-state index is 0.430. The lowest BCUT2D eigenvalue weighted by Crippen LogP contribution is -2.25. The van der Waals surface area contributed by atoms with Gasteiger partial charge >= 0.3 is 0 Å². The van der Waals surface area contributed by atoms with E-state index < -0.39 is 0 Å². The maximum absolute atomic E-state index is 5.58. The average molecular weight is 253 g/mol. The molecule has 2 N–H and O–H groups in total. The SMILES string of the molecule is CC(C)(C)C1CCN(Cc2csc(CN)n2)C1. The molecule has 0 radical (unpaired) electrons. The predicted molar refractivity (Wildman–Crippen MR) is 72.8 cm³/mol. The molecule has 4 heteroatoms. The van der Waals surface area contributed by atoms with E-state index in [0.29, 0.717) is 12.0 Å². The highest BCUT2D eigenvalue weighted by molar-refractivity contribution is 7.09. The van der Waals surface area contributed by atoms with Crippen molar-refractivity contribution in [3.63, 3.8) is 0 Å². The van der Waals surface area contributed by atoms with Crippen molar-refractivity contribution >= 4 is 11.3 Å². The highest BCUT2D eigenvalue weighted by atomic mass is 32.1. The first-order valence-electron chi connectivity index (χ1n) is 6.34. The van der Waals surface area contributed by atoms with Gasteiger partial charge in [-0.15, -0.1) is 11.3 Å². The number of hydrogen-bond donors (Lipinski definition) is 1. The van der Waals surface area contributed by atoms with Crippen LogP contribution < -0.4 is 5.73 Å². The third-order valence-corrected chi connectivity index (χ3v) is 4.58. The summed E-state index contributed by atoms with van der Waals surface area (Å²) in [6.07, 6.45) is 1.32. The number of rotatable bonds is 3. The highest BCUT2D eigenvalue weighted by Gasteiger charge is 2.31. The number of nitrogens with two attached hydrogens (primary N) is 1. The Balaban J connectivity index is 1.89. The summed E-state index contributed by atoms with van der Waals surface area (Å²) in [4.78, 5) is 7.05. The van der Waals surface area contributed by atoms with E-state index in [1.165, 1.54) is 25.2 Å². The van der Waals surface area contributed by atoms with Crippen LogP contribution in [0.25, 0.3) is 0 Å². The van der Waals surface area contributed by atoms with Gasteiger partial charge in [0.25, 0.3) is 0 Å². The van der Waals surface area contributed by atoms with Gasteiger partial charge in [-0.25, -0.2) is 4.98 Å². The summed E-state index contributed by atoms with van der Waals surface area (Å²) in [5, 5.41) is 3.19. The summed E-state index contributed by atoms with van der Waals surface area (Å²) in [5.41, 5.74) is 7.20. The van der Waals surface area contributed by atoms with E-state index in [1.807, 2.05) is 0 Å². The van der Waals surface area contributed by atoms with Gasteiger partial charge < -0.3 is 5.73 Å². The zero-order valence-corrected chi connectivity index (χ0v) is 11.9. The molecule has 0 spiro atoms. The molecule has 2 heterocycles. The van der Waals surface area contributed by atoms with Gasteiger partial charge in [0.2, 0.25) is 0 Å². The zero-order chi connectivity index (χ0) is 12.5. The maximum atomic E-state index is 5.58. The van der Waals surface area contributed by atoms with Crippen molar-refractivity contribution in [3.05, 3.63) is 16.1 Å². The van der Waals surface area contributed by atoms with Crippen LogP contribution in [-0.4, -0.2) is 23.0 Å². The van der Waals surface area contributed by atoms with Gasteiger partial charge in [0.1, 0.15) is 5.01 Å². The predicted octanol–water partition coefficient (Wildman–Crippen LogP) is 2.47. The van der Waals surface area contributed by atoms with Crippen LogP contribution >= 0.6 is 11.3 Å². The summed E-state index contributed by atoms with van der Waals surface area (Å²) >= 11 is 1.68. The second-order valence-electron chi connectivity index (χ2n) is 6.02. The molecule has 1 unspecified atom stereocenters. The first-order valence-corrected chi connectivity index (χ1v) is 7.22. The molecule has 96 valence electrons. The Labute approximate surface area is 108 Å². The average Bonchev–Trinajstić information content (AvgIpc) is 2.86. The Bertz CT molecular complexity index is 367. The molecule has 0 saturated carbocycles. The molecule has 17 heavy (non-hydrogen) atoms. The molecule has 0 amide bonds. The molecule has 3 nitrogen and oxygen atoms in total. The lowest BCUT2D eigenvalue weighted by atomic mass is 9.80. The molecule has 1 aromatic rings. The quantitative estimate of drug-likeness (QED) is 0.900. The maximum Gasteiger partial charge on any atom is 0.106 e. The van der Waals surface area contributed by atoms with Crippen molar-refractivity contribution in [3.8, 4) is 0 Å². The van der Waals surface area contributed by atoms with Gasteiger partial charge in [0, 0.05) is 25.0 Å². The zero-order valence-electron chi connectivity index (χ0n) is 11.1. The van der Waals surface area contributed by atoms with Crippen LogP contribution in [0, 0.1) is 11.3 Å². The molecule has 0 aromatic carbocycles. The normalized spacial score (nSPS) is 22.2. The van der Waals surface area contributed by atoms with Gasteiger partial charge in [-0.2, -0.15) is 0 Å². The van der Waals surface area contributed by atoms with E-state index in [4.69, 9.17) is 5.73 Å². The Morgan fingerprint density at radius 2 is 2.29 bits per heavy atom. The van der Waals surface area contributed by atoms with Gasteiger partial charge in [-0.3, -0.25) is 4.90 Å². The van der Waals surface area contributed by atoms with Crippen molar-refractivity contribution in [2.75, 3.05) is 13.1 Å². The summed E-state index contributed by atoms with van der Waals surface area (Å²) in [6.45, 7) is 11.0. The fourth-order valence-electron chi connectivity index (χ4n) is 2.43. The van der Waals surface area contributed by atoms with Crippen LogP contribution in [0.2, 0.25) is 0 Å². The van der Waals surface area contributed by atoms with Crippen LogP contribution in [0.3, 0.4) is 0 Å². The van der Waals surface area contributed by atoms with E-state index in [-0.39, 0.29) is 0 Å². The Morgan fingerprint density at radius 1 is 1.53 bits per heavy atom.